The Morgan fingerprint density at radius 3 is 0.589 bits per heavy atom. The zero-order valence-corrected chi connectivity index (χ0v) is 80.8. The van der Waals surface area contributed by atoms with E-state index in [1.54, 1.807) is 41.5 Å². The maximum absolute atomic E-state index is 11.5. The summed E-state index contributed by atoms with van der Waals surface area (Å²) in [5, 5.41) is 67.9. The molecule has 0 radical (unpaired) electrons. The lowest BCUT2D eigenvalue weighted by Gasteiger charge is -2.47. The van der Waals surface area contributed by atoms with Gasteiger partial charge in [-0.25, -0.2) is 0 Å². The number of nitrogens with zero attached hydrogens (tertiary/aromatic N) is 6. The van der Waals surface area contributed by atoms with Gasteiger partial charge in [-0.3, -0.25) is 29.4 Å². The monoisotopic (exact) mass is 2040 g/mol. The van der Waals surface area contributed by atoms with Crippen LogP contribution in [0.1, 0.15) is 402 Å². The second-order valence-corrected chi connectivity index (χ2v) is 34.9. The van der Waals surface area contributed by atoms with Crippen LogP contribution in [0.2, 0.25) is 0 Å². The maximum atomic E-state index is 11.5. The molecule has 6 fully saturated rings. The van der Waals surface area contributed by atoms with E-state index in [-0.39, 0.29) is 109 Å². The quantitative estimate of drug-likeness (QED) is 0.0392. The second-order valence-electron chi connectivity index (χ2n) is 34.9. The molecule has 24 heteroatoms. The highest BCUT2D eigenvalue weighted by molar-refractivity contribution is 5.55. The first-order chi connectivity index (χ1) is 100. The van der Waals surface area contributed by atoms with E-state index in [4.69, 9.17) is 168 Å². The smallest absolute Gasteiger partial charge is 0.161 e. The van der Waals surface area contributed by atoms with Gasteiger partial charge >= 0.3 is 0 Å². The number of ether oxygens (including phenoxy) is 12. The number of benzene rings is 6. The maximum Gasteiger partial charge on any atom is 0.161 e. The van der Waals surface area contributed by atoms with Gasteiger partial charge in [0.1, 0.15) is 0 Å². The normalized spacial score (nSPS) is 53.4. The first-order valence-corrected chi connectivity index (χ1v) is 44.0. The average molecular weight is 2050 g/mol. The van der Waals surface area contributed by atoms with Crippen LogP contribution in [-0.2, 0) is 38.2 Å². The molecular formula is C117H180N6O18. The molecule has 18 rings (SSSR count). The summed E-state index contributed by atoms with van der Waals surface area (Å²) in [6.07, 6.45) is -74.9. The molecule has 0 aromatic heterocycles. The van der Waals surface area contributed by atoms with Crippen molar-refractivity contribution in [3.8, 4) is 69.0 Å². The Bertz CT molecular complexity index is 9010. The topological polar surface area (TPSA) is 252 Å². The Balaban J connectivity index is 0.000000217. The number of fused-ring (bicyclic) bond motifs is 18. The lowest BCUT2D eigenvalue weighted by atomic mass is 9.75. The lowest BCUT2D eigenvalue weighted by molar-refractivity contribution is -0.0259. The summed E-state index contributed by atoms with van der Waals surface area (Å²) in [4.78, 5) is 1.86. The van der Waals surface area contributed by atoms with Crippen LogP contribution in [0.3, 0.4) is 0 Å². The van der Waals surface area contributed by atoms with Crippen molar-refractivity contribution in [2.75, 3.05) is 163 Å². The summed E-state index contributed by atoms with van der Waals surface area (Å²) in [5.74, 6) is -22.6. The molecule has 12 aliphatic rings. The van der Waals surface area contributed by atoms with Crippen molar-refractivity contribution in [3.63, 3.8) is 0 Å². The molecule has 6 aromatic rings. The van der Waals surface area contributed by atoms with Crippen LogP contribution in [-0.4, -0.2) is 260 Å². The highest BCUT2D eigenvalue weighted by Crippen LogP contribution is 2.53. The molecule has 786 valence electrons. The van der Waals surface area contributed by atoms with Crippen molar-refractivity contribution in [1.82, 2.24) is 29.4 Å². The zero-order valence-electron chi connectivity index (χ0n) is 168. The lowest BCUT2D eigenvalue weighted by Crippen LogP contribution is -2.48. The van der Waals surface area contributed by atoms with E-state index in [1.807, 2.05) is 0 Å². The molecule has 0 amide bonds. The minimum absolute atomic E-state index is 0.0266. The summed E-state index contributed by atoms with van der Waals surface area (Å²) in [6, 6.07) is -7.52. The number of piperidine rings is 6. The van der Waals surface area contributed by atoms with E-state index in [1.165, 1.54) is 48.7 Å². The Labute approximate surface area is 968 Å². The third kappa shape index (κ3) is 26.9. The van der Waals surface area contributed by atoms with Crippen LogP contribution in [0.4, 0.5) is 0 Å². The SMILES string of the molecule is [2H]C([2H])([2H])C(C)(C([2H])([2H])[2H])C([2H])([2H])C1([2H])CN2C([2H])([2H])C([2H])([2H])c3cc(OC)c(OC)cc3C2([2H])C([2H])([2H])C1([2H])O.[2H]C([2H])([2H])C(C)(C([2H])([2H])[2H])C([2H])([2H])C1([2H])CN2C([2H])([2H])C([2H])([2H])c3cc(OC)c(OC)cc3C2([2H])C([2H])([2H])C1([2H])O.[2H]C([2H])([2H])Oc1cc2c(cc1OC)C([2H])([2H])C([2H])([2H])N1CC([2H])(C([2H])([2H])C(C)(C([2H])([2H])[2H])C([2H])([2H])[2H])C([2H])(O)C([2H])([2H])C21[2H].[2H]C([2H])([2H])Oc1cc2c(cc1OC)C([2H])([2H])C([2H])([2H])N1CC([2H])(CC(C)C)C([2H])(O)C([2H])([2H])C21[2H].[2H]C([2H])([2H])Oc1cc2c(cc1OC)C([2H])([2H])C([2H])([2H])N1CC([2H])(CC(C)C)C([2H])(O)C([2H])([2H])C21[2H].[2H]C1(CC(C)C)CN2C([2H])([2H])C([2H])([2H])c3cc(OC)c(OC)cc3C2([2H])C([2H])([2H])C1([2H])O. The van der Waals surface area contributed by atoms with E-state index in [9.17, 15) is 38.9 Å². The van der Waals surface area contributed by atoms with Gasteiger partial charge < -0.3 is 87.5 Å². The molecule has 0 spiro atoms. The fourth-order valence-corrected chi connectivity index (χ4v) is 16.1. The van der Waals surface area contributed by atoms with E-state index in [0.29, 0.717) is 41.5 Å². The third-order valence-corrected chi connectivity index (χ3v) is 22.4. The molecule has 24 nitrogen and oxygen atoms in total. The molecular weight excluding hydrogens is 1780 g/mol. The van der Waals surface area contributed by atoms with Gasteiger partial charge in [0.15, 0.2) is 69.0 Å². The highest BCUT2D eigenvalue weighted by atomic mass is 16.5. The summed E-state index contributed by atoms with van der Waals surface area (Å²) < 4.78 is 796. The van der Waals surface area contributed by atoms with Crippen molar-refractivity contribution in [1.29, 1.82) is 0 Å². The van der Waals surface area contributed by atoms with E-state index in [2.05, 4.69) is 0 Å². The molecule has 12 heterocycles. The molecule has 18 atom stereocenters. The largest absolute Gasteiger partial charge is 0.493 e. The van der Waals surface area contributed by atoms with Gasteiger partial charge in [-0.15, -0.1) is 0 Å². The molecule has 18 unspecified atom stereocenters. The number of hydrogen-bond donors (Lipinski definition) is 6. The Morgan fingerprint density at radius 2 is 0.433 bits per heavy atom. The van der Waals surface area contributed by atoms with Gasteiger partial charge in [0.2, 0.25) is 0 Å². The van der Waals surface area contributed by atoms with E-state index < -0.39 is 439 Å². The van der Waals surface area contributed by atoms with Gasteiger partial charge in [-0.2, -0.15) is 0 Å². The van der Waals surface area contributed by atoms with Gasteiger partial charge in [-0.1, -0.05) is 103 Å². The van der Waals surface area contributed by atoms with E-state index >= 15 is 0 Å². The number of aryl methyl sites for hydroxylation is 6. The fourth-order valence-electron chi connectivity index (χ4n) is 16.1. The van der Waals surface area contributed by atoms with Crippen molar-refractivity contribution >= 4 is 0 Å². The predicted molar refractivity (Wildman–Crippen MR) is 561 cm³/mol. The average Bonchev–Trinajstić information content (AvgIpc) is 0.642. The standard InChI is InChI=1S/3C20H31NO3.3C19H29NO3/c3*1-20(2,3)11-14-12-21-7-6-13-8-18(23-4)19(24-5)9-15(13)16(21)10-17(14)22;3*1-12(2)7-14-11-20-6-5-13-8-18(22-3)19(23-4)9-15(13)16(20)10-17(14)21/h3*8-9,14,16-17,22H,6-7,10-12H2,1-5H3;3*8-9,12,14,16-17,21H,5-7,10-11H2,1-4H3/i1D3,2D3,5D3,6D2,7D2,10D2,11D2,14D,16D,17D;2*1D3,2D3,6D2,7D2,10D2,11D2,14D,16D,17D;2*4D3,5D2,6D2,10D2,14D,16D,17D;5D2,6D2,10D2,14D,16D,17D. The van der Waals surface area contributed by atoms with Crippen molar-refractivity contribution in [2.45, 2.75) is 291 Å². The first kappa shape index (κ1) is 43.3. The first-order valence-electron chi connectivity index (χ1n) is 87.5. The minimum Gasteiger partial charge on any atom is -0.493 e. The second kappa shape index (κ2) is 48.4. The minimum atomic E-state index is -4.26. The molecule has 12 aliphatic heterocycles. The van der Waals surface area contributed by atoms with Crippen molar-refractivity contribution in [2.24, 2.45) is 69.4 Å². The summed E-state index contributed by atoms with van der Waals surface area (Å²) >= 11 is 0. The number of methoxy groups -OCH3 is 12. The number of rotatable bonds is 21. The van der Waals surface area contributed by atoms with Crippen LogP contribution in [0.5, 0.6) is 69.0 Å². The zero-order chi connectivity index (χ0) is 179. The van der Waals surface area contributed by atoms with E-state index in [0.717, 1.165) is 82.0 Å². The number of hydrogen-bond acceptors (Lipinski definition) is 24. The van der Waals surface area contributed by atoms with Crippen LogP contribution in [0.15, 0.2) is 72.8 Å². The summed E-state index contributed by atoms with van der Waals surface area (Å²) in [7, 11) is 1.47. The van der Waals surface area contributed by atoms with Gasteiger partial charge in [0, 0.05) is 205 Å². The van der Waals surface area contributed by atoms with Gasteiger partial charge in [0.05, 0.1) is 150 Å². The molecule has 0 bridgehead atoms. The molecule has 6 aromatic carbocycles. The highest BCUT2D eigenvalue weighted by Gasteiger charge is 2.47. The van der Waals surface area contributed by atoms with Gasteiger partial charge in [0.25, 0.3) is 0 Å². The Morgan fingerprint density at radius 1 is 0.277 bits per heavy atom. The van der Waals surface area contributed by atoms with Crippen LogP contribution in [0, 0.1) is 69.4 Å². The van der Waals surface area contributed by atoms with Crippen molar-refractivity contribution < 1.29 is 207 Å². The third-order valence-electron chi connectivity index (χ3n) is 22.4. The van der Waals surface area contributed by atoms with Crippen molar-refractivity contribution in [3.05, 3.63) is 140 Å². The van der Waals surface area contributed by atoms with Crippen LogP contribution < -0.4 is 56.8 Å². The fraction of sp³-hybridized carbons (Fsp3) is 0.692. The molecule has 6 N–H and O–H groups in total. The Kier molecular flexibility index (Phi) is 14.9. The number of aliphatic hydroxyl groups is 6. The Hall–Kier alpha value is -7.56. The van der Waals surface area contributed by atoms with Crippen LogP contribution in [0.25, 0.3) is 0 Å². The predicted octanol–water partition coefficient (Wildman–Crippen LogP) is 19.3. The molecule has 0 saturated carbocycles. The summed E-state index contributed by atoms with van der Waals surface area (Å²) in [6.45, 7) is -38.4. The van der Waals surface area contributed by atoms with Gasteiger partial charge in [-0.05, 0) is 324 Å². The molecule has 141 heavy (non-hydrogen) atoms. The van der Waals surface area contributed by atoms with Crippen LogP contribution >= 0.6 is 0 Å². The molecule has 0 aliphatic carbocycles. The summed E-state index contributed by atoms with van der Waals surface area (Å²) in [5.41, 5.74) is -17.7. The molecule has 6 saturated heterocycles.